The molecule has 0 fully saturated rings. The fraction of sp³-hybridized carbons (Fsp3) is 0.355. The molecule has 3 aromatic rings. The van der Waals surface area contributed by atoms with Gasteiger partial charge in [-0.3, -0.25) is 13.9 Å². The second-order valence-corrected chi connectivity index (χ2v) is 11.6. The molecule has 0 aromatic heterocycles. The number of ether oxygens (including phenoxy) is 3. The SMILES string of the molecule is CCCNC(=O)[C@H](CC)N(Cc1ccc(OC)cc1)C(=O)CN(c1ccc2c(c1)OCCO2)S(=O)(=O)c1ccccc1. The molecule has 0 bridgehead atoms. The lowest BCUT2D eigenvalue weighted by Gasteiger charge is -2.33. The van der Waals surface area contributed by atoms with Crippen molar-refractivity contribution in [2.45, 2.75) is 44.2 Å². The molecule has 0 radical (unpaired) electrons. The van der Waals surface area contributed by atoms with Gasteiger partial charge in [0, 0.05) is 19.2 Å². The molecule has 1 aliphatic rings. The van der Waals surface area contributed by atoms with E-state index in [2.05, 4.69) is 5.32 Å². The Labute approximate surface area is 247 Å². The molecule has 42 heavy (non-hydrogen) atoms. The summed E-state index contributed by atoms with van der Waals surface area (Å²) in [6.45, 7) is 4.50. The summed E-state index contributed by atoms with van der Waals surface area (Å²) in [5, 5.41) is 2.88. The van der Waals surface area contributed by atoms with Gasteiger partial charge in [-0.05, 0) is 54.8 Å². The van der Waals surface area contributed by atoms with Gasteiger partial charge < -0.3 is 24.4 Å². The van der Waals surface area contributed by atoms with Crippen molar-refractivity contribution in [2.24, 2.45) is 0 Å². The van der Waals surface area contributed by atoms with Gasteiger partial charge >= 0.3 is 0 Å². The maximum atomic E-state index is 14.2. The summed E-state index contributed by atoms with van der Waals surface area (Å²) in [5.74, 6) is 0.716. The molecule has 0 aliphatic carbocycles. The minimum Gasteiger partial charge on any atom is -0.497 e. The topological polar surface area (TPSA) is 114 Å². The number of rotatable bonds is 13. The molecule has 0 saturated heterocycles. The second-order valence-electron chi connectivity index (χ2n) is 9.74. The highest BCUT2D eigenvalue weighted by Gasteiger charge is 2.34. The molecule has 1 aliphatic heterocycles. The van der Waals surface area contributed by atoms with Gasteiger partial charge in [-0.15, -0.1) is 0 Å². The highest BCUT2D eigenvalue weighted by molar-refractivity contribution is 7.92. The van der Waals surface area contributed by atoms with E-state index in [9.17, 15) is 18.0 Å². The first-order chi connectivity index (χ1) is 20.3. The number of sulfonamides is 1. The number of anilines is 1. The first-order valence-electron chi connectivity index (χ1n) is 14.0. The molecule has 0 spiro atoms. The maximum absolute atomic E-state index is 14.2. The van der Waals surface area contributed by atoms with Crippen LogP contribution in [0.15, 0.2) is 77.7 Å². The first-order valence-corrected chi connectivity index (χ1v) is 15.4. The highest BCUT2D eigenvalue weighted by Crippen LogP contribution is 2.36. The zero-order valence-electron chi connectivity index (χ0n) is 24.1. The number of hydrogen-bond acceptors (Lipinski definition) is 7. The number of amides is 2. The van der Waals surface area contributed by atoms with Crippen LogP contribution in [0.2, 0.25) is 0 Å². The zero-order chi connectivity index (χ0) is 30.1. The smallest absolute Gasteiger partial charge is 0.264 e. The summed E-state index contributed by atoms with van der Waals surface area (Å²) in [4.78, 5) is 28.8. The van der Waals surface area contributed by atoms with Crippen LogP contribution in [0.25, 0.3) is 0 Å². The minimum absolute atomic E-state index is 0.0297. The van der Waals surface area contributed by atoms with Crippen LogP contribution in [0, 0.1) is 0 Å². The Morgan fingerprint density at radius 2 is 1.64 bits per heavy atom. The first kappa shape index (κ1) is 30.7. The number of nitrogens with one attached hydrogen (secondary N) is 1. The van der Waals surface area contributed by atoms with Gasteiger partial charge in [0.05, 0.1) is 17.7 Å². The third-order valence-corrected chi connectivity index (χ3v) is 8.66. The number of methoxy groups -OCH3 is 1. The van der Waals surface area contributed by atoms with Crippen molar-refractivity contribution in [1.82, 2.24) is 10.2 Å². The number of benzene rings is 3. The normalized spacial score (nSPS) is 13.1. The van der Waals surface area contributed by atoms with Crippen molar-refractivity contribution in [3.63, 3.8) is 0 Å². The summed E-state index contributed by atoms with van der Waals surface area (Å²) in [6.07, 6.45) is 1.08. The monoisotopic (exact) mass is 595 g/mol. The molecule has 4 rings (SSSR count). The van der Waals surface area contributed by atoms with E-state index < -0.39 is 28.5 Å². The number of carbonyl (C=O) groups excluding carboxylic acids is 2. The van der Waals surface area contributed by atoms with Gasteiger partial charge in [0.25, 0.3) is 10.0 Å². The van der Waals surface area contributed by atoms with Crippen molar-refractivity contribution >= 4 is 27.5 Å². The lowest BCUT2D eigenvalue weighted by atomic mass is 10.1. The van der Waals surface area contributed by atoms with Gasteiger partial charge in [-0.1, -0.05) is 44.2 Å². The average Bonchev–Trinajstić information content (AvgIpc) is 3.02. The number of hydrogen-bond donors (Lipinski definition) is 1. The number of nitrogens with zero attached hydrogens (tertiary/aromatic N) is 2. The van der Waals surface area contributed by atoms with Gasteiger partial charge in [-0.25, -0.2) is 8.42 Å². The molecular weight excluding hydrogens is 558 g/mol. The third-order valence-electron chi connectivity index (χ3n) is 6.87. The third kappa shape index (κ3) is 7.14. The Hall–Kier alpha value is -4.25. The summed E-state index contributed by atoms with van der Waals surface area (Å²) in [5.41, 5.74) is 1.01. The highest BCUT2D eigenvalue weighted by atomic mass is 32.2. The van der Waals surface area contributed by atoms with Gasteiger partial charge in [0.2, 0.25) is 11.8 Å². The molecule has 2 amide bonds. The predicted octanol–water partition coefficient (Wildman–Crippen LogP) is 4.00. The Balaban J connectivity index is 1.74. The molecule has 0 saturated carbocycles. The van der Waals surface area contributed by atoms with E-state index in [1.807, 2.05) is 26.0 Å². The second kappa shape index (κ2) is 14.1. The van der Waals surface area contributed by atoms with Gasteiger partial charge in [0.15, 0.2) is 11.5 Å². The molecule has 11 heteroatoms. The van der Waals surface area contributed by atoms with Crippen molar-refractivity contribution in [2.75, 3.05) is 37.7 Å². The standard InChI is InChI=1S/C31H37N3O7S/c1-4-17-32-31(36)27(5-2)33(21-23-11-14-25(39-3)15-12-23)30(35)22-34(42(37,38)26-9-7-6-8-10-26)24-13-16-28-29(20-24)41-19-18-40-28/h6-16,20,27H,4-5,17-19,21-22H2,1-3H3,(H,32,36)/t27-/m0/s1. The van der Waals surface area contributed by atoms with Crippen LogP contribution in [0.3, 0.4) is 0 Å². The Morgan fingerprint density at radius 3 is 2.29 bits per heavy atom. The summed E-state index contributed by atoms with van der Waals surface area (Å²) in [7, 11) is -2.62. The van der Waals surface area contributed by atoms with Crippen molar-refractivity contribution in [3.8, 4) is 17.2 Å². The quantitative estimate of drug-likeness (QED) is 0.318. The molecule has 10 nitrogen and oxygen atoms in total. The van der Waals surface area contributed by atoms with E-state index in [4.69, 9.17) is 14.2 Å². The fourth-order valence-corrected chi connectivity index (χ4v) is 6.08. The molecular formula is C31H37N3O7S. The van der Waals surface area contributed by atoms with Crippen molar-refractivity contribution in [3.05, 3.63) is 78.4 Å². The van der Waals surface area contributed by atoms with Crippen molar-refractivity contribution in [1.29, 1.82) is 0 Å². The minimum atomic E-state index is -4.19. The average molecular weight is 596 g/mol. The Bertz CT molecular complexity index is 1460. The van der Waals surface area contributed by atoms with Crippen LogP contribution in [-0.2, 0) is 26.2 Å². The lowest BCUT2D eigenvalue weighted by Crippen LogP contribution is -2.52. The van der Waals surface area contributed by atoms with Crippen LogP contribution in [0.5, 0.6) is 17.2 Å². The van der Waals surface area contributed by atoms with Crippen LogP contribution in [0.1, 0.15) is 32.3 Å². The zero-order valence-corrected chi connectivity index (χ0v) is 24.9. The molecule has 1 N–H and O–H groups in total. The molecule has 224 valence electrons. The lowest BCUT2D eigenvalue weighted by molar-refractivity contribution is -0.140. The van der Waals surface area contributed by atoms with E-state index in [1.54, 1.807) is 55.6 Å². The molecule has 3 aromatic carbocycles. The van der Waals surface area contributed by atoms with E-state index in [-0.39, 0.29) is 23.0 Å². The van der Waals surface area contributed by atoms with E-state index in [0.29, 0.717) is 43.4 Å². The number of carbonyl (C=O) groups is 2. The van der Waals surface area contributed by atoms with Gasteiger partial charge in [-0.2, -0.15) is 0 Å². The largest absolute Gasteiger partial charge is 0.497 e. The maximum Gasteiger partial charge on any atom is 0.264 e. The summed E-state index contributed by atoms with van der Waals surface area (Å²) < 4.78 is 45.6. The van der Waals surface area contributed by atoms with Gasteiger partial charge in [0.1, 0.15) is 31.5 Å². The fourth-order valence-electron chi connectivity index (χ4n) is 4.65. The van der Waals surface area contributed by atoms with Crippen LogP contribution in [0.4, 0.5) is 5.69 Å². The van der Waals surface area contributed by atoms with E-state index in [1.165, 1.54) is 17.0 Å². The molecule has 0 unspecified atom stereocenters. The van der Waals surface area contributed by atoms with E-state index in [0.717, 1.165) is 16.3 Å². The van der Waals surface area contributed by atoms with Crippen LogP contribution >= 0.6 is 0 Å². The summed E-state index contributed by atoms with van der Waals surface area (Å²) in [6, 6.07) is 19.1. The predicted molar refractivity (Wildman–Crippen MR) is 159 cm³/mol. The number of fused-ring (bicyclic) bond motifs is 1. The van der Waals surface area contributed by atoms with Crippen LogP contribution in [-0.4, -0.2) is 64.6 Å². The van der Waals surface area contributed by atoms with Crippen LogP contribution < -0.4 is 23.8 Å². The molecule has 1 atom stereocenters. The Kier molecular flexibility index (Phi) is 10.3. The van der Waals surface area contributed by atoms with Crippen molar-refractivity contribution < 1.29 is 32.2 Å². The Morgan fingerprint density at radius 1 is 0.952 bits per heavy atom. The molecule has 1 heterocycles. The van der Waals surface area contributed by atoms with E-state index >= 15 is 0 Å². The summed E-state index contributed by atoms with van der Waals surface area (Å²) >= 11 is 0.